The first kappa shape index (κ1) is 18.8. The van der Waals surface area contributed by atoms with Crippen molar-refractivity contribution < 1.29 is 23.9 Å². The van der Waals surface area contributed by atoms with Gasteiger partial charge in [0.1, 0.15) is 0 Å². The van der Waals surface area contributed by atoms with Crippen LogP contribution in [0.3, 0.4) is 0 Å². The van der Waals surface area contributed by atoms with Crippen LogP contribution in [0.25, 0.3) is 0 Å². The Hall–Kier alpha value is -3.00. The van der Waals surface area contributed by atoms with E-state index in [1.54, 1.807) is 24.3 Å². The number of esters is 1. The fourth-order valence-corrected chi connectivity index (χ4v) is 3.24. The van der Waals surface area contributed by atoms with Gasteiger partial charge in [-0.25, -0.2) is 4.79 Å². The summed E-state index contributed by atoms with van der Waals surface area (Å²) < 4.78 is 5.00. The first-order valence-electron chi connectivity index (χ1n) is 8.41. The number of nitrogens with zero attached hydrogens (tertiary/aromatic N) is 1. The average Bonchev–Trinajstić information content (AvgIpc) is 3.30. The van der Waals surface area contributed by atoms with Gasteiger partial charge in [-0.2, -0.15) is 0 Å². The van der Waals surface area contributed by atoms with Crippen molar-refractivity contribution in [2.75, 3.05) is 6.61 Å². The Balaban J connectivity index is 1.46. The number of carbonyl (C=O) groups is 4. The number of imide groups is 1. The Kier molecular flexibility index (Phi) is 5.97. The largest absolute Gasteiger partial charge is 0.452 e. The normalized spacial score (nSPS) is 13.7. The number of benzene rings is 1. The van der Waals surface area contributed by atoms with Gasteiger partial charge >= 0.3 is 5.97 Å². The second-order valence-corrected chi connectivity index (χ2v) is 7.04. The zero-order chi connectivity index (χ0) is 19.2. The second kappa shape index (κ2) is 8.59. The number of amides is 3. The maximum absolute atomic E-state index is 12.0. The van der Waals surface area contributed by atoms with Crippen LogP contribution in [0.1, 0.15) is 33.6 Å². The smallest absolute Gasteiger partial charge is 0.338 e. The molecule has 8 heteroatoms. The number of rotatable bonds is 7. The molecule has 1 aromatic carbocycles. The van der Waals surface area contributed by atoms with Crippen molar-refractivity contribution in [3.8, 4) is 0 Å². The summed E-state index contributed by atoms with van der Waals surface area (Å²) in [6, 6.07) is 10.2. The van der Waals surface area contributed by atoms with Crippen molar-refractivity contribution >= 4 is 35.0 Å². The highest BCUT2D eigenvalue weighted by Crippen LogP contribution is 2.16. The molecule has 0 aliphatic carbocycles. The van der Waals surface area contributed by atoms with Gasteiger partial charge in [0.2, 0.25) is 11.8 Å². The topological polar surface area (TPSA) is 92.8 Å². The highest BCUT2D eigenvalue weighted by Gasteiger charge is 2.28. The molecule has 3 rings (SSSR count). The summed E-state index contributed by atoms with van der Waals surface area (Å²) in [7, 11) is 0. The van der Waals surface area contributed by atoms with Crippen molar-refractivity contribution in [3.05, 3.63) is 57.8 Å². The molecule has 1 saturated heterocycles. The van der Waals surface area contributed by atoms with E-state index in [0.717, 1.165) is 10.4 Å². The molecule has 0 bridgehead atoms. The zero-order valence-corrected chi connectivity index (χ0v) is 15.3. The predicted octanol–water partition coefficient (Wildman–Crippen LogP) is 1.87. The van der Waals surface area contributed by atoms with E-state index in [0.29, 0.717) is 12.1 Å². The molecule has 0 spiro atoms. The molecular weight excluding hydrogens is 368 g/mol. The van der Waals surface area contributed by atoms with Gasteiger partial charge in [0.25, 0.3) is 5.91 Å². The van der Waals surface area contributed by atoms with Crippen LogP contribution in [0.4, 0.5) is 0 Å². The van der Waals surface area contributed by atoms with Crippen molar-refractivity contribution in [3.63, 3.8) is 0 Å². The Morgan fingerprint density at radius 2 is 1.78 bits per heavy atom. The van der Waals surface area contributed by atoms with E-state index in [9.17, 15) is 19.2 Å². The molecule has 0 radical (unpaired) electrons. The highest BCUT2D eigenvalue weighted by molar-refractivity contribution is 7.09. The number of carbonyl (C=O) groups excluding carboxylic acids is 4. The number of likely N-dealkylation sites (tertiary alicyclic amines) is 1. The molecule has 2 heterocycles. The molecule has 1 N–H and O–H groups in total. The summed E-state index contributed by atoms with van der Waals surface area (Å²) in [4.78, 5) is 49.3. The molecule has 0 unspecified atom stereocenters. The van der Waals surface area contributed by atoms with Crippen LogP contribution < -0.4 is 5.32 Å². The lowest BCUT2D eigenvalue weighted by molar-refractivity contribution is -0.139. The summed E-state index contributed by atoms with van der Waals surface area (Å²) in [5.74, 6) is -1.35. The summed E-state index contributed by atoms with van der Waals surface area (Å²) in [5, 5.41) is 4.59. The lowest BCUT2D eigenvalue weighted by atomic mass is 10.1. The summed E-state index contributed by atoms with van der Waals surface area (Å²) in [5.41, 5.74) is 1.03. The molecular formula is C19H18N2O5S. The molecule has 3 amide bonds. The van der Waals surface area contributed by atoms with Gasteiger partial charge in [-0.1, -0.05) is 18.2 Å². The third kappa shape index (κ3) is 5.01. The summed E-state index contributed by atoms with van der Waals surface area (Å²) >= 11 is 1.53. The lowest BCUT2D eigenvalue weighted by Crippen LogP contribution is -2.28. The Morgan fingerprint density at radius 1 is 1.07 bits per heavy atom. The van der Waals surface area contributed by atoms with Gasteiger partial charge in [-0.3, -0.25) is 19.3 Å². The van der Waals surface area contributed by atoms with E-state index in [-0.39, 0.29) is 43.7 Å². The minimum Gasteiger partial charge on any atom is -0.452 e. The van der Waals surface area contributed by atoms with Crippen LogP contribution in [0.15, 0.2) is 41.8 Å². The number of thiophene rings is 1. The van der Waals surface area contributed by atoms with E-state index in [2.05, 4.69) is 5.32 Å². The Bertz CT molecular complexity index is 829. The average molecular weight is 386 g/mol. The van der Waals surface area contributed by atoms with Crippen molar-refractivity contribution in [1.29, 1.82) is 0 Å². The highest BCUT2D eigenvalue weighted by atomic mass is 32.1. The minimum atomic E-state index is -0.610. The second-order valence-electron chi connectivity index (χ2n) is 6.00. The molecule has 1 aliphatic heterocycles. The molecule has 0 atom stereocenters. The van der Waals surface area contributed by atoms with Crippen molar-refractivity contribution in [2.45, 2.75) is 25.9 Å². The van der Waals surface area contributed by atoms with Crippen LogP contribution in [-0.4, -0.2) is 35.2 Å². The molecule has 0 saturated carbocycles. The fourth-order valence-electron chi connectivity index (χ4n) is 2.59. The summed E-state index contributed by atoms with van der Waals surface area (Å²) in [6.07, 6.45) is 0.496. The maximum Gasteiger partial charge on any atom is 0.338 e. The first-order chi connectivity index (χ1) is 13.0. The van der Waals surface area contributed by atoms with E-state index >= 15 is 0 Å². The van der Waals surface area contributed by atoms with Crippen LogP contribution in [0.5, 0.6) is 0 Å². The molecule has 2 aromatic rings. The fraction of sp³-hybridized carbons (Fsp3) is 0.263. The van der Waals surface area contributed by atoms with E-state index in [1.165, 1.54) is 16.2 Å². The minimum absolute atomic E-state index is 0.183. The number of ether oxygens (including phenoxy) is 1. The van der Waals surface area contributed by atoms with Gasteiger partial charge in [0.15, 0.2) is 6.61 Å². The van der Waals surface area contributed by atoms with Gasteiger partial charge in [0.05, 0.1) is 18.7 Å². The van der Waals surface area contributed by atoms with Crippen LogP contribution >= 0.6 is 11.3 Å². The molecule has 1 aliphatic rings. The van der Waals surface area contributed by atoms with Gasteiger partial charge in [-0.15, -0.1) is 11.3 Å². The van der Waals surface area contributed by atoms with Crippen LogP contribution in [-0.2, 0) is 32.2 Å². The lowest BCUT2D eigenvalue weighted by Gasteiger charge is -2.13. The van der Waals surface area contributed by atoms with E-state index in [1.807, 2.05) is 17.5 Å². The van der Waals surface area contributed by atoms with E-state index in [4.69, 9.17) is 4.74 Å². The Morgan fingerprint density at radius 3 is 2.41 bits per heavy atom. The quantitative estimate of drug-likeness (QED) is 0.579. The van der Waals surface area contributed by atoms with Crippen molar-refractivity contribution in [2.24, 2.45) is 0 Å². The van der Waals surface area contributed by atoms with Gasteiger partial charge < -0.3 is 10.1 Å². The molecule has 1 fully saturated rings. The SMILES string of the molecule is O=C(COC(=O)c1ccc(CN2C(=O)CCC2=O)cc1)NCc1cccs1. The molecule has 1 aromatic heterocycles. The summed E-state index contributed by atoms with van der Waals surface area (Å²) in [6.45, 7) is 0.234. The molecule has 7 nitrogen and oxygen atoms in total. The number of hydrogen-bond donors (Lipinski definition) is 1. The molecule has 27 heavy (non-hydrogen) atoms. The molecule has 140 valence electrons. The van der Waals surface area contributed by atoms with Gasteiger partial charge in [-0.05, 0) is 29.1 Å². The van der Waals surface area contributed by atoms with Crippen molar-refractivity contribution in [1.82, 2.24) is 10.2 Å². The predicted molar refractivity (Wildman–Crippen MR) is 97.7 cm³/mol. The first-order valence-corrected chi connectivity index (χ1v) is 9.29. The number of hydrogen-bond acceptors (Lipinski definition) is 6. The third-order valence-corrected chi connectivity index (χ3v) is 4.94. The van der Waals surface area contributed by atoms with Crippen LogP contribution in [0.2, 0.25) is 0 Å². The van der Waals surface area contributed by atoms with E-state index < -0.39 is 5.97 Å². The standard InChI is InChI=1S/C19H18N2O5S/c22-16(20-10-15-2-1-9-27-15)12-26-19(25)14-5-3-13(4-6-14)11-21-17(23)7-8-18(21)24/h1-6,9H,7-8,10-12H2,(H,20,22). The van der Waals surface area contributed by atoms with Crippen LogP contribution in [0, 0.1) is 0 Å². The zero-order valence-electron chi connectivity index (χ0n) is 14.5. The monoisotopic (exact) mass is 386 g/mol. The van der Waals surface area contributed by atoms with Gasteiger partial charge in [0, 0.05) is 17.7 Å². The maximum atomic E-state index is 12.0. The third-order valence-electron chi connectivity index (χ3n) is 4.06. The Labute approximate surface area is 159 Å². The number of nitrogens with one attached hydrogen (secondary N) is 1.